The average Bonchev–Trinajstić information content (AvgIpc) is 3.39. The zero-order chi connectivity index (χ0) is 20.4. The highest BCUT2D eigenvalue weighted by molar-refractivity contribution is 7.18. The Morgan fingerprint density at radius 3 is 2.52 bits per heavy atom. The summed E-state index contributed by atoms with van der Waals surface area (Å²) in [5.41, 5.74) is 1.83. The van der Waals surface area contributed by atoms with Crippen molar-refractivity contribution in [1.29, 1.82) is 0 Å². The van der Waals surface area contributed by atoms with E-state index < -0.39 is 0 Å². The fourth-order valence-electron chi connectivity index (χ4n) is 3.87. The van der Waals surface area contributed by atoms with Crippen LogP contribution in [-0.4, -0.2) is 43.7 Å². The van der Waals surface area contributed by atoms with Crippen molar-refractivity contribution < 1.29 is 19.0 Å². The van der Waals surface area contributed by atoms with E-state index in [1.165, 1.54) is 0 Å². The molecule has 4 rings (SSSR count). The first-order valence-corrected chi connectivity index (χ1v) is 10.4. The van der Waals surface area contributed by atoms with E-state index in [0.29, 0.717) is 17.2 Å². The number of carbonyl (C=O) groups excluding carboxylic acids is 1. The molecule has 3 aromatic rings. The van der Waals surface area contributed by atoms with Crippen molar-refractivity contribution in [2.75, 3.05) is 27.9 Å². The van der Waals surface area contributed by atoms with E-state index in [2.05, 4.69) is 6.07 Å². The lowest BCUT2D eigenvalue weighted by Gasteiger charge is -2.23. The molecule has 152 valence electrons. The van der Waals surface area contributed by atoms with Crippen molar-refractivity contribution in [3.05, 3.63) is 47.0 Å². The number of likely N-dealkylation sites (tertiary alicyclic amines) is 1. The molecule has 1 fully saturated rings. The third kappa shape index (κ3) is 3.74. The van der Waals surface area contributed by atoms with Gasteiger partial charge in [-0.15, -0.1) is 11.3 Å². The summed E-state index contributed by atoms with van der Waals surface area (Å²) in [6.07, 6.45) is 2.21. The summed E-state index contributed by atoms with van der Waals surface area (Å²) in [7, 11) is 4.72. The maximum absolute atomic E-state index is 13.2. The predicted molar refractivity (Wildman–Crippen MR) is 113 cm³/mol. The number of aromatic nitrogens is 1. The van der Waals surface area contributed by atoms with Gasteiger partial charge >= 0.3 is 0 Å². The minimum Gasteiger partial charge on any atom is -0.493 e. The largest absolute Gasteiger partial charge is 0.493 e. The second kappa shape index (κ2) is 8.29. The van der Waals surface area contributed by atoms with E-state index >= 15 is 0 Å². The van der Waals surface area contributed by atoms with Crippen molar-refractivity contribution >= 4 is 27.5 Å². The molecule has 2 heterocycles. The third-order valence-corrected chi connectivity index (χ3v) is 6.39. The first-order chi connectivity index (χ1) is 14.1. The zero-order valence-electron chi connectivity index (χ0n) is 16.8. The topological polar surface area (TPSA) is 60.9 Å². The molecule has 2 aromatic carbocycles. The van der Waals surface area contributed by atoms with Crippen molar-refractivity contribution in [2.24, 2.45) is 0 Å². The van der Waals surface area contributed by atoms with E-state index in [1.54, 1.807) is 32.7 Å². The van der Waals surface area contributed by atoms with Gasteiger partial charge in [0.1, 0.15) is 5.01 Å². The predicted octanol–water partition coefficient (Wildman–Crippen LogP) is 4.23. The van der Waals surface area contributed by atoms with Crippen LogP contribution in [0.15, 0.2) is 36.4 Å². The molecule has 0 radical (unpaired) electrons. The number of fused-ring (bicyclic) bond motifs is 1. The summed E-state index contributed by atoms with van der Waals surface area (Å²) >= 11 is 1.68. The van der Waals surface area contributed by atoms with Gasteiger partial charge in [0.05, 0.1) is 44.0 Å². The van der Waals surface area contributed by atoms with Gasteiger partial charge in [0, 0.05) is 6.54 Å². The Morgan fingerprint density at radius 1 is 1.14 bits per heavy atom. The first-order valence-electron chi connectivity index (χ1n) is 9.58. The molecule has 0 spiro atoms. The van der Waals surface area contributed by atoms with Crippen LogP contribution < -0.4 is 14.2 Å². The number of methoxy groups -OCH3 is 3. The monoisotopic (exact) mass is 412 g/mol. The third-order valence-electron chi connectivity index (χ3n) is 5.25. The number of benzene rings is 2. The maximum atomic E-state index is 13.2. The van der Waals surface area contributed by atoms with Crippen LogP contribution in [0.1, 0.15) is 29.5 Å². The van der Waals surface area contributed by atoms with E-state index in [0.717, 1.165) is 40.2 Å². The molecule has 1 amide bonds. The van der Waals surface area contributed by atoms with Gasteiger partial charge < -0.3 is 19.1 Å². The summed E-state index contributed by atoms with van der Waals surface area (Å²) in [5.74, 6) is 1.72. The highest BCUT2D eigenvalue weighted by Gasteiger charge is 2.32. The fraction of sp³-hybridized carbons (Fsp3) is 0.364. The average molecular weight is 413 g/mol. The second-order valence-corrected chi connectivity index (χ2v) is 8.04. The standard InChI is InChI=1S/C22H24N2O4S/c1-26-17-11-14(12-18(27-2)21(17)28-3)13-20(25)24-10-6-8-16(24)22-23-15-7-4-5-9-19(15)29-22/h4-5,7,9,11-12,16H,6,8,10,13H2,1-3H3/t16-/m0/s1. The van der Waals surface area contributed by atoms with Crippen LogP contribution in [0.2, 0.25) is 0 Å². The highest BCUT2D eigenvalue weighted by Crippen LogP contribution is 2.40. The molecule has 1 aromatic heterocycles. The summed E-state index contributed by atoms with van der Waals surface area (Å²) in [5, 5.41) is 1.02. The smallest absolute Gasteiger partial charge is 0.227 e. The molecule has 1 atom stereocenters. The minimum absolute atomic E-state index is 0.0435. The number of amides is 1. The lowest BCUT2D eigenvalue weighted by Crippen LogP contribution is -2.31. The number of hydrogen-bond acceptors (Lipinski definition) is 6. The maximum Gasteiger partial charge on any atom is 0.227 e. The molecule has 6 nitrogen and oxygen atoms in total. The Morgan fingerprint density at radius 2 is 1.86 bits per heavy atom. The van der Waals surface area contributed by atoms with Crippen LogP contribution in [0, 0.1) is 0 Å². The number of ether oxygens (including phenoxy) is 3. The Bertz CT molecular complexity index is 975. The second-order valence-electron chi connectivity index (χ2n) is 6.98. The Hall–Kier alpha value is -2.80. The summed E-state index contributed by atoms with van der Waals surface area (Å²) in [4.78, 5) is 19.9. The van der Waals surface area contributed by atoms with E-state index in [-0.39, 0.29) is 18.4 Å². The summed E-state index contributed by atoms with van der Waals surface area (Å²) < 4.78 is 17.4. The number of nitrogens with zero attached hydrogens (tertiary/aromatic N) is 2. The van der Waals surface area contributed by atoms with Crippen LogP contribution in [0.4, 0.5) is 0 Å². The number of carbonyl (C=O) groups is 1. The van der Waals surface area contributed by atoms with Crippen molar-refractivity contribution in [1.82, 2.24) is 9.88 Å². The molecule has 0 bridgehead atoms. The number of thiazole rings is 1. The van der Waals surface area contributed by atoms with E-state index in [9.17, 15) is 4.79 Å². The Labute approximate surface area is 174 Å². The normalized spacial score (nSPS) is 16.2. The highest BCUT2D eigenvalue weighted by atomic mass is 32.1. The lowest BCUT2D eigenvalue weighted by molar-refractivity contribution is -0.131. The van der Waals surface area contributed by atoms with Crippen LogP contribution in [-0.2, 0) is 11.2 Å². The molecular weight excluding hydrogens is 388 g/mol. The summed E-state index contributed by atoms with van der Waals surface area (Å²) in [6, 6.07) is 11.8. The fourth-order valence-corrected chi connectivity index (χ4v) is 4.98. The number of hydrogen-bond donors (Lipinski definition) is 0. The van der Waals surface area contributed by atoms with Gasteiger partial charge in [-0.25, -0.2) is 4.98 Å². The molecule has 0 saturated carbocycles. The van der Waals surface area contributed by atoms with Gasteiger partial charge in [-0.1, -0.05) is 12.1 Å². The van der Waals surface area contributed by atoms with Gasteiger partial charge in [0.25, 0.3) is 0 Å². The van der Waals surface area contributed by atoms with Crippen LogP contribution in [0.3, 0.4) is 0 Å². The van der Waals surface area contributed by atoms with E-state index in [4.69, 9.17) is 19.2 Å². The molecule has 0 aliphatic carbocycles. The quantitative estimate of drug-likeness (QED) is 0.606. The molecule has 1 aliphatic rings. The van der Waals surface area contributed by atoms with Gasteiger partial charge in [0.2, 0.25) is 11.7 Å². The molecule has 0 unspecified atom stereocenters. The minimum atomic E-state index is 0.0435. The van der Waals surface area contributed by atoms with Crippen molar-refractivity contribution in [2.45, 2.75) is 25.3 Å². The number of para-hydroxylation sites is 1. The zero-order valence-corrected chi connectivity index (χ0v) is 17.6. The van der Waals surface area contributed by atoms with Gasteiger partial charge in [-0.2, -0.15) is 0 Å². The van der Waals surface area contributed by atoms with Crippen LogP contribution in [0.25, 0.3) is 10.2 Å². The molecule has 1 aliphatic heterocycles. The molecule has 0 N–H and O–H groups in total. The van der Waals surface area contributed by atoms with Crippen molar-refractivity contribution in [3.8, 4) is 17.2 Å². The van der Waals surface area contributed by atoms with Crippen LogP contribution in [0.5, 0.6) is 17.2 Å². The lowest BCUT2D eigenvalue weighted by atomic mass is 10.1. The summed E-state index contributed by atoms with van der Waals surface area (Å²) in [6.45, 7) is 0.754. The Kier molecular flexibility index (Phi) is 5.58. The number of rotatable bonds is 6. The van der Waals surface area contributed by atoms with Gasteiger partial charge in [-0.05, 0) is 42.7 Å². The van der Waals surface area contributed by atoms with E-state index in [1.807, 2.05) is 35.2 Å². The van der Waals surface area contributed by atoms with Gasteiger partial charge in [-0.3, -0.25) is 4.79 Å². The Balaban J connectivity index is 1.57. The molecule has 7 heteroatoms. The van der Waals surface area contributed by atoms with Crippen LogP contribution >= 0.6 is 11.3 Å². The first kappa shape index (κ1) is 19.5. The molecule has 1 saturated heterocycles. The molecule has 29 heavy (non-hydrogen) atoms. The van der Waals surface area contributed by atoms with Crippen molar-refractivity contribution in [3.63, 3.8) is 0 Å². The molecular formula is C22H24N2O4S. The van der Waals surface area contributed by atoms with Gasteiger partial charge in [0.15, 0.2) is 11.5 Å². The SMILES string of the molecule is COc1cc(CC(=O)N2CCC[C@H]2c2nc3ccccc3s2)cc(OC)c1OC.